The molecule has 1 N–H and O–H groups in total. The van der Waals surface area contributed by atoms with Crippen molar-refractivity contribution >= 4 is 29.1 Å². The lowest BCUT2D eigenvalue weighted by Gasteiger charge is -2.09. The largest absolute Gasteiger partial charge is 0.321 e. The molecule has 4 rings (SSSR count). The van der Waals surface area contributed by atoms with Crippen molar-refractivity contribution in [3.63, 3.8) is 0 Å². The maximum absolute atomic E-state index is 12.5. The second-order valence-electron chi connectivity index (χ2n) is 6.94. The lowest BCUT2D eigenvalue weighted by atomic mass is 10.0. The van der Waals surface area contributed by atoms with E-state index in [2.05, 4.69) is 17.4 Å². The number of Topliss-reactive ketones (excluding diaryl/α,β-unsaturated/α-hetero) is 1. The third-order valence-electron chi connectivity index (χ3n) is 4.81. The summed E-state index contributed by atoms with van der Waals surface area (Å²) in [6, 6.07) is 23.7. The summed E-state index contributed by atoms with van der Waals surface area (Å²) in [4.78, 5) is 26.8. The van der Waals surface area contributed by atoms with Crippen LogP contribution >= 0.6 is 11.8 Å². The molecular formula is C24H21NO2S. The number of rotatable bonds is 6. The smallest absolute Gasteiger partial charge is 0.256 e. The van der Waals surface area contributed by atoms with Crippen LogP contribution in [-0.2, 0) is 17.6 Å². The second kappa shape index (κ2) is 8.44. The summed E-state index contributed by atoms with van der Waals surface area (Å²) >= 11 is 1.58. The molecule has 3 aromatic carbocycles. The highest BCUT2D eigenvalue weighted by Gasteiger charge is 2.19. The molecule has 0 saturated heterocycles. The molecule has 140 valence electrons. The Kier molecular flexibility index (Phi) is 5.58. The topological polar surface area (TPSA) is 46.2 Å². The summed E-state index contributed by atoms with van der Waals surface area (Å²) in [6.07, 6.45) is 2.74. The zero-order valence-corrected chi connectivity index (χ0v) is 16.3. The number of aryl methyl sites for hydroxylation is 1. The number of nitrogens with one attached hydrogen (secondary N) is 1. The van der Waals surface area contributed by atoms with E-state index in [1.807, 2.05) is 60.7 Å². The average Bonchev–Trinajstić information content (AvgIpc) is 2.84. The van der Waals surface area contributed by atoms with Crippen LogP contribution in [0.1, 0.15) is 34.3 Å². The maximum atomic E-state index is 12.5. The number of hydrogen-bond donors (Lipinski definition) is 1. The first kappa shape index (κ1) is 18.5. The van der Waals surface area contributed by atoms with Gasteiger partial charge in [0.15, 0.2) is 0 Å². The van der Waals surface area contributed by atoms with Gasteiger partial charge in [0, 0.05) is 22.6 Å². The van der Waals surface area contributed by atoms with Gasteiger partial charge in [-0.25, -0.2) is 0 Å². The summed E-state index contributed by atoms with van der Waals surface area (Å²) in [5, 5.41) is 2.99. The van der Waals surface area contributed by atoms with E-state index in [1.165, 1.54) is 5.56 Å². The molecule has 0 bridgehead atoms. The monoisotopic (exact) mass is 387 g/mol. The van der Waals surface area contributed by atoms with E-state index < -0.39 is 0 Å². The molecule has 1 aliphatic heterocycles. The fourth-order valence-electron chi connectivity index (χ4n) is 3.38. The number of ketones is 1. The van der Waals surface area contributed by atoms with Gasteiger partial charge in [-0.2, -0.15) is 0 Å². The van der Waals surface area contributed by atoms with Crippen LogP contribution in [0.3, 0.4) is 0 Å². The van der Waals surface area contributed by atoms with Crippen LogP contribution in [-0.4, -0.2) is 11.7 Å². The highest BCUT2D eigenvalue weighted by molar-refractivity contribution is 7.99. The minimum absolute atomic E-state index is 0.104. The number of benzene rings is 3. The summed E-state index contributed by atoms with van der Waals surface area (Å²) in [7, 11) is 0. The SMILES string of the molecule is O=C(CCCc1ccccc1)Cc1ccc2c(c1)NC(=O)c1ccccc1S2. The first-order valence-electron chi connectivity index (χ1n) is 9.46. The number of hydrogen-bond acceptors (Lipinski definition) is 3. The van der Waals surface area contributed by atoms with E-state index in [1.54, 1.807) is 11.8 Å². The van der Waals surface area contributed by atoms with Gasteiger partial charge in [-0.15, -0.1) is 0 Å². The van der Waals surface area contributed by atoms with Crippen molar-refractivity contribution < 1.29 is 9.59 Å². The Morgan fingerprint density at radius 3 is 2.50 bits per heavy atom. The van der Waals surface area contributed by atoms with Gasteiger partial charge in [0.25, 0.3) is 5.91 Å². The Bertz CT molecular complexity index is 1010. The Hall–Kier alpha value is -2.85. The van der Waals surface area contributed by atoms with E-state index in [0.29, 0.717) is 18.4 Å². The predicted molar refractivity (Wildman–Crippen MR) is 113 cm³/mol. The molecule has 28 heavy (non-hydrogen) atoms. The maximum Gasteiger partial charge on any atom is 0.256 e. The van der Waals surface area contributed by atoms with Gasteiger partial charge in [0.2, 0.25) is 0 Å². The van der Waals surface area contributed by atoms with Crippen LogP contribution in [0.4, 0.5) is 5.69 Å². The van der Waals surface area contributed by atoms with Gasteiger partial charge in [0.05, 0.1) is 11.3 Å². The molecule has 0 unspecified atom stereocenters. The normalized spacial score (nSPS) is 12.5. The molecule has 4 heteroatoms. The second-order valence-corrected chi connectivity index (χ2v) is 8.02. The van der Waals surface area contributed by atoms with Crippen LogP contribution in [0.25, 0.3) is 0 Å². The highest BCUT2D eigenvalue weighted by atomic mass is 32.2. The van der Waals surface area contributed by atoms with Gasteiger partial charge in [0.1, 0.15) is 5.78 Å². The van der Waals surface area contributed by atoms with E-state index in [-0.39, 0.29) is 11.7 Å². The van der Waals surface area contributed by atoms with Crippen LogP contribution < -0.4 is 5.32 Å². The van der Waals surface area contributed by atoms with Crippen LogP contribution in [0.2, 0.25) is 0 Å². The molecule has 0 aliphatic carbocycles. The average molecular weight is 388 g/mol. The van der Waals surface area contributed by atoms with E-state index in [0.717, 1.165) is 33.9 Å². The summed E-state index contributed by atoms with van der Waals surface area (Å²) in [5.74, 6) is 0.125. The number of carbonyl (C=O) groups excluding carboxylic acids is 2. The minimum Gasteiger partial charge on any atom is -0.321 e. The Morgan fingerprint density at radius 2 is 1.64 bits per heavy atom. The van der Waals surface area contributed by atoms with Crippen LogP contribution in [0.15, 0.2) is 82.6 Å². The Labute approximate surface area is 169 Å². The van der Waals surface area contributed by atoms with Crippen molar-refractivity contribution in [1.29, 1.82) is 0 Å². The van der Waals surface area contributed by atoms with Gasteiger partial charge >= 0.3 is 0 Å². The predicted octanol–water partition coefficient (Wildman–Crippen LogP) is 5.54. The molecule has 3 nitrogen and oxygen atoms in total. The van der Waals surface area contributed by atoms with Crippen molar-refractivity contribution in [1.82, 2.24) is 0 Å². The molecule has 3 aromatic rings. The standard InChI is InChI=1S/C24H21NO2S/c26-19(10-6-9-17-7-2-1-3-8-17)15-18-13-14-23-21(16-18)25-24(27)20-11-4-5-12-22(20)28-23/h1-5,7-8,11-14,16H,6,9-10,15H2,(H,25,27). The highest BCUT2D eigenvalue weighted by Crippen LogP contribution is 2.39. The molecule has 1 amide bonds. The summed E-state index contributed by atoms with van der Waals surface area (Å²) < 4.78 is 0. The van der Waals surface area contributed by atoms with Gasteiger partial charge in [-0.1, -0.05) is 60.3 Å². The van der Waals surface area contributed by atoms with E-state index in [9.17, 15) is 9.59 Å². The fourth-order valence-corrected chi connectivity index (χ4v) is 4.39. The molecule has 0 saturated carbocycles. The number of amides is 1. The van der Waals surface area contributed by atoms with E-state index >= 15 is 0 Å². The van der Waals surface area contributed by atoms with Crippen molar-refractivity contribution in [2.75, 3.05) is 5.32 Å². The van der Waals surface area contributed by atoms with Gasteiger partial charge in [-0.3, -0.25) is 9.59 Å². The Morgan fingerprint density at radius 1 is 0.857 bits per heavy atom. The lowest BCUT2D eigenvalue weighted by Crippen LogP contribution is -2.12. The molecule has 0 aromatic heterocycles. The Balaban J connectivity index is 1.40. The number of anilines is 1. The zero-order chi connectivity index (χ0) is 19.3. The van der Waals surface area contributed by atoms with Crippen molar-refractivity contribution in [2.45, 2.75) is 35.5 Å². The third kappa shape index (κ3) is 4.34. The zero-order valence-electron chi connectivity index (χ0n) is 15.5. The molecule has 0 spiro atoms. The number of carbonyl (C=O) groups is 2. The van der Waals surface area contributed by atoms with Crippen LogP contribution in [0.5, 0.6) is 0 Å². The summed E-state index contributed by atoms with van der Waals surface area (Å²) in [5.41, 5.74) is 3.66. The van der Waals surface area contributed by atoms with Crippen molar-refractivity contribution in [3.05, 3.63) is 89.5 Å². The summed E-state index contributed by atoms with van der Waals surface area (Å²) in [6.45, 7) is 0. The third-order valence-corrected chi connectivity index (χ3v) is 5.96. The van der Waals surface area contributed by atoms with E-state index in [4.69, 9.17) is 0 Å². The van der Waals surface area contributed by atoms with Gasteiger partial charge < -0.3 is 5.32 Å². The molecule has 1 heterocycles. The quantitative estimate of drug-likeness (QED) is 0.604. The molecule has 1 aliphatic rings. The molecule has 0 fully saturated rings. The molecule has 0 radical (unpaired) electrons. The van der Waals surface area contributed by atoms with Crippen molar-refractivity contribution in [2.24, 2.45) is 0 Å². The van der Waals surface area contributed by atoms with Crippen LogP contribution in [0, 0.1) is 0 Å². The molecular weight excluding hydrogens is 366 g/mol. The minimum atomic E-state index is -0.104. The molecule has 0 atom stereocenters. The first-order valence-corrected chi connectivity index (χ1v) is 10.3. The van der Waals surface area contributed by atoms with Crippen molar-refractivity contribution in [3.8, 4) is 0 Å². The number of fused-ring (bicyclic) bond motifs is 2. The van der Waals surface area contributed by atoms with Gasteiger partial charge in [-0.05, 0) is 48.2 Å². The fraction of sp³-hybridized carbons (Fsp3) is 0.167. The first-order chi connectivity index (χ1) is 13.7. The lowest BCUT2D eigenvalue weighted by molar-refractivity contribution is -0.118.